The van der Waals surface area contributed by atoms with E-state index in [1.54, 1.807) is 11.8 Å². The lowest BCUT2D eigenvalue weighted by molar-refractivity contribution is 0.647. The van der Waals surface area contributed by atoms with Crippen molar-refractivity contribution in [2.24, 2.45) is 5.92 Å². The van der Waals surface area contributed by atoms with Crippen molar-refractivity contribution in [2.75, 3.05) is 11.6 Å². The highest BCUT2D eigenvalue weighted by atomic mass is 32.2. The van der Waals surface area contributed by atoms with Crippen LogP contribution in [0, 0.1) is 5.92 Å². The van der Waals surface area contributed by atoms with Crippen molar-refractivity contribution in [1.29, 1.82) is 0 Å². The Morgan fingerprint density at radius 3 is 2.05 bits per heavy atom. The third-order valence-electron chi connectivity index (χ3n) is 3.25. The Hall–Kier alpha value is -1.41. The fourth-order valence-electron chi connectivity index (χ4n) is 2.18. The van der Waals surface area contributed by atoms with E-state index in [-0.39, 0.29) is 0 Å². The number of hydrogen-bond donors (Lipinski definition) is 1. The molecule has 0 aromatic heterocycles. The van der Waals surface area contributed by atoms with Gasteiger partial charge in [-0.25, -0.2) is 0 Å². The molecule has 0 unspecified atom stereocenters. The Bertz CT molecular complexity index is 514. The van der Waals surface area contributed by atoms with Gasteiger partial charge in [0, 0.05) is 17.1 Å². The number of anilines is 1. The van der Waals surface area contributed by atoms with E-state index < -0.39 is 0 Å². The summed E-state index contributed by atoms with van der Waals surface area (Å²) in [6.45, 7) is 5.39. The van der Waals surface area contributed by atoms with Gasteiger partial charge in [-0.2, -0.15) is 0 Å². The summed E-state index contributed by atoms with van der Waals surface area (Å²) in [5, 5.41) is 3.46. The van der Waals surface area contributed by atoms with Crippen LogP contribution in [0.25, 0.3) is 0 Å². The number of hydrogen-bond acceptors (Lipinski definition) is 2. The highest BCUT2D eigenvalue weighted by Crippen LogP contribution is 2.18. The standard InChI is InChI=1S/C18H23NS/c1-14(2)12-15-4-6-16(7-5-15)13-19-17-8-10-18(20-3)11-9-17/h4-11,14,19H,12-13H2,1-3H3. The van der Waals surface area contributed by atoms with Crippen molar-refractivity contribution in [3.05, 3.63) is 59.7 Å². The van der Waals surface area contributed by atoms with Crippen molar-refractivity contribution in [3.8, 4) is 0 Å². The number of thioether (sulfide) groups is 1. The summed E-state index contributed by atoms with van der Waals surface area (Å²) < 4.78 is 0. The molecule has 2 heteroatoms. The van der Waals surface area contributed by atoms with Crippen LogP contribution >= 0.6 is 11.8 Å². The fourth-order valence-corrected chi connectivity index (χ4v) is 2.59. The van der Waals surface area contributed by atoms with Crippen LogP contribution in [0.4, 0.5) is 5.69 Å². The molecule has 0 bridgehead atoms. The third kappa shape index (κ3) is 4.61. The van der Waals surface area contributed by atoms with Crippen molar-refractivity contribution in [3.63, 3.8) is 0 Å². The topological polar surface area (TPSA) is 12.0 Å². The lowest BCUT2D eigenvalue weighted by atomic mass is 10.0. The predicted octanol–water partition coefficient (Wildman–Crippen LogP) is 5.22. The van der Waals surface area contributed by atoms with Crippen molar-refractivity contribution in [1.82, 2.24) is 0 Å². The van der Waals surface area contributed by atoms with E-state index in [4.69, 9.17) is 0 Å². The van der Waals surface area contributed by atoms with Gasteiger partial charge >= 0.3 is 0 Å². The molecular weight excluding hydrogens is 262 g/mol. The molecule has 1 N–H and O–H groups in total. The first-order valence-electron chi connectivity index (χ1n) is 7.13. The quantitative estimate of drug-likeness (QED) is 0.730. The molecular formula is C18H23NS. The SMILES string of the molecule is CSc1ccc(NCc2ccc(CC(C)C)cc2)cc1. The van der Waals surface area contributed by atoms with Crippen LogP contribution in [0.1, 0.15) is 25.0 Å². The molecule has 0 spiro atoms. The molecule has 0 heterocycles. The molecule has 2 rings (SSSR count). The van der Waals surface area contributed by atoms with Gasteiger partial charge < -0.3 is 5.32 Å². The minimum Gasteiger partial charge on any atom is -0.381 e. The lowest BCUT2D eigenvalue weighted by Gasteiger charge is -2.09. The van der Waals surface area contributed by atoms with Gasteiger partial charge in [-0.15, -0.1) is 11.8 Å². The van der Waals surface area contributed by atoms with E-state index in [0.717, 1.165) is 13.0 Å². The molecule has 0 saturated carbocycles. The van der Waals surface area contributed by atoms with Crippen LogP contribution in [0.5, 0.6) is 0 Å². The van der Waals surface area contributed by atoms with Crippen molar-refractivity contribution in [2.45, 2.75) is 31.7 Å². The zero-order valence-electron chi connectivity index (χ0n) is 12.5. The lowest BCUT2D eigenvalue weighted by Crippen LogP contribution is -2.00. The van der Waals surface area contributed by atoms with Crippen molar-refractivity contribution < 1.29 is 0 Å². The van der Waals surface area contributed by atoms with Gasteiger partial charge in [0.25, 0.3) is 0 Å². The summed E-state index contributed by atoms with van der Waals surface area (Å²) in [7, 11) is 0. The van der Waals surface area contributed by atoms with E-state index in [1.807, 2.05) is 0 Å². The predicted molar refractivity (Wildman–Crippen MR) is 90.5 cm³/mol. The molecule has 0 radical (unpaired) electrons. The summed E-state index contributed by atoms with van der Waals surface area (Å²) in [5.74, 6) is 0.717. The zero-order valence-corrected chi connectivity index (χ0v) is 13.3. The molecule has 0 amide bonds. The molecule has 0 atom stereocenters. The fraction of sp³-hybridized carbons (Fsp3) is 0.333. The molecule has 1 nitrogen and oxygen atoms in total. The van der Waals surface area contributed by atoms with E-state index in [1.165, 1.54) is 21.7 Å². The third-order valence-corrected chi connectivity index (χ3v) is 4.00. The monoisotopic (exact) mass is 285 g/mol. The average molecular weight is 285 g/mol. The maximum Gasteiger partial charge on any atom is 0.0400 e. The minimum absolute atomic E-state index is 0.717. The van der Waals surface area contributed by atoms with Crippen LogP contribution < -0.4 is 5.32 Å². The van der Waals surface area contributed by atoms with Crippen LogP contribution in [0.15, 0.2) is 53.4 Å². The highest BCUT2D eigenvalue weighted by molar-refractivity contribution is 7.98. The van der Waals surface area contributed by atoms with E-state index in [2.05, 4.69) is 74.0 Å². The second-order valence-corrected chi connectivity index (χ2v) is 6.38. The molecule has 20 heavy (non-hydrogen) atoms. The highest BCUT2D eigenvalue weighted by Gasteiger charge is 1.99. The van der Waals surface area contributed by atoms with Gasteiger partial charge in [-0.05, 0) is 54.0 Å². The van der Waals surface area contributed by atoms with Crippen molar-refractivity contribution >= 4 is 17.4 Å². The summed E-state index contributed by atoms with van der Waals surface area (Å²) in [5.41, 5.74) is 3.92. The Labute approximate surface area is 126 Å². The normalized spacial score (nSPS) is 10.8. The van der Waals surface area contributed by atoms with Crippen LogP contribution in [0.2, 0.25) is 0 Å². The summed E-state index contributed by atoms with van der Waals surface area (Å²) in [6, 6.07) is 17.5. The van der Waals surface area contributed by atoms with Gasteiger partial charge in [0.15, 0.2) is 0 Å². The molecule has 0 aliphatic heterocycles. The van der Waals surface area contributed by atoms with Gasteiger partial charge in [0.05, 0.1) is 0 Å². The molecule has 0 aliphatic carbocycles. The number of rotatable bonds is 6. The number of nitrogens with one attached hydrogen (secondary N) is 1. The molecule has 106 valence electrons. The van der Waals surface area contributed by atoms with E-state index >= 15 is 0 Å². The van der Waals surface area contributed by atoms with E-state index in [0.29, 0.717) is 5.92 Å². The Morgan fingerprint density at radius 1 is 0.900 bits per heavy atom. The Morgan fingerprint density at radius 2 is 1.50 bits per heavy atom. The first-order chi connectivity index (χ1) is 9.67. The average Bonchev–Trinajstić information content (AvgIpc) is 2.46. The molecule has 2 aromatic carbocycles. The first kappa shape index (κ1) is 15.0. The molecule has 0 fully saturated rings. The summed E-state index contributed by atoms with van der Waals surface area (Å²) >= 11 is 1.77. The number of benzene rings is 2. The molecule has 2 aromatic rings. The Kier molecular flexibility index (Phi) is 5.54. The van der Waals surface area contributed by atoms with Crippen LogP contribution in [-0.4, -0.2) is 6.26 Å². The van der Waals surface area contributed by atoms with Crippen LogP contribution in [0.3, 0.4) is 0 Å². The second kappa shape index (κ2) is 7.39. The molecule has 0 aliphatic rings. The Balaban J connectivity index is 1.89. The first-order valence-corrected chi connectivity index (χ1v) is 8.35. The van der Waals surface area contributed by atoms with Crippen LogP contribution in [-0.2, 0) is 13.0 Å². The maximum absolute atomic E-state index is 3.46. The smallest absolute Gasteiger partial charge is 0.0400 e. The van der Waals surface area contributed by atoms with Gasteiger partial charge in [-0.3, -0.25) is 0 Å². The second-order valence-electron chi connectivity index (χ2n) is 5.50. The maximum atomic E-state index is 3.46. The molecule has 0 saturated heterocycles. The van der Waals surface area contributed by atoms with Gasteiger partial charge in [0.2, 0.25) is 0 Å². The van der Waals surface area contributed by atoms with Gasteiger partial charge in [0.1, 0.15) is 0 Å². The summed E-state index contributed by atoms with van der Waals surface area (Å²) in [6.07, 6.45) is 3.25. The van der Waals surface area contributed by atoms with Gasteiger partial charge in [-0.1, -0.05) is 38.1 Å². The largest absolute Gasteiger partial charge is 0.381 e. The summed E-state index contributed by atoms with van der Waals surface area (Å²) in [4.78, 5) is 1.30. The zero-order chi connectivity index (χ0) is 14.4. The minimum atomic E-state index is 0.717. The van der Waals surface area contributed by atoms with E-state index in [9.17, 15) is 0 Å².